The summed E-state index contributed by atoms with van der Waals surface area (Å²) < 4.78 is 5.50. The van der Waals surface area contributed by atoms with Gasteiger partial charge in [0.2, 0.25) is 0 Å². The molecule has 0 saturated carbocycles. The van der Waals surface area contributed by atoms with Gasteiger partial charge in [-0.1, -0.05) is 0 Å². The van der Waals surface area contributed by atoms with E-state index in [2.05, 4.69) is 43.0 Å². The van der Waals surface area contributed by atoms with E-state index in [-0.39, 0.29) is 0 Å². The minimum Gasteiger partial charge on any atom is -0.379 e. The fourth-order valence-electron chi connectivity index (χ4n) is 1.71. The van der Waals surface area contributed by atoms with Crippen LogP contribution in [0.1, 0.15) is 30.8 Å². The lowest BCUT2D eigenvalue weighted by Crippen LogP contribution is -2.29. The Labute approximate surface area is 121 Å². The zero-order chi connectivity index (χ0) is 14.1. The molecular weight excluding hydrogens is 258 g/mol. The summed E-state index contributed by atoms with van der Waals surface area (Å²) in [6.07, 6.45) is 1.42. The van der Waals surface area contributed by atoms with Gasteiger partial charge in [0, 0.05) is 31.1 Å². The molecule has 0 spiro atoms. The van der Waals surface area contributed by atoms with Gasteiger partial charge < -0.3 is 10.1 Å². The van der Waals surface area contributed by atoms with Gasteiger partial charge in [0.05, 0.1) is 17.3 Å². The molecular formula is C14H27N3OS. The molecule has 1 rings (SSSR count). The molecule has 5 heteroatoms. The number of aromatic nitrogens is 1. The highest BCUT2D eigenvalue weighted by atomic mass is 32.1. The molecule has 1 aromatic rings. The highest BCUT2D eigenvalue weighted by molar-refractivity contribution is 7.09. The first-order valence-corrected chi connectivity index (χ1v) is 7.87. The molecule has 0 unspecified atom stereocenters. The summed E-state index contributed by atoms with van der Waals surface area (Å²) >= 11 is 1.74. The van der Waals surface area contributed by atoms with Crippen molar-refractivity contribution in [3.05, 3.63) is 16.1 Å². The van der Waals surface area contributed by atoms with Gasteiger partial charge in [-0.25, -0.2) is 4.98 Å². The predicted octanol–water partition coefficient (Wildman–Crippen LogP) is 2.29. The van der Waals surface area contributed by atoms with Gasteiger partial charge in [-0.05, 0) is 40.8 Å². The Hall–Kier alpha value is -0.490. The second-order valence-electron chi connectivity index (χ2n) is 5.12. The number of aryl methyl sites for hydroxylation is 1. The van der Waals surface area contributed by atoms with Crippen LogP contribution in [0.3, 0.4) is 0 Å². The van der Waals surface area contributed by atoms with Crippen LogP contribution in [-0.2, 0) is 11.3 Å². The summed E-state index contributed by atoms with van der Waals surface area (Å²) in [5, 5.41) is 3.45. The van der Waals surface area contributed by atoms with Gasteiger partial charge in [-0.2, -0.15) is 0 Å². The van der Waals surface area contributed by atoms with E-state index in [9.17, 15) is 0 Å². The first-order valence-electron chi connectivity index (χ1n) is 6.99. The Bertz CT molecular complexity index is 341. The molecule has 4 nitrogen and oxygen atoms in total. The van der Waals surface area contributed by atoms with Gasteiger partial charge in [-0.15, -0.1) is 11.3 Å². The molecule has 110 valence electrons. The molecule has 0 amide bonds. The van der Waals surface area contributed by atoms with Crippen molar-refractivity contribution in [1.29, 1.82) is 0 Å². The molecule has 1 N–H and O–H groups in total. The lowest BCUT2D eigenvalue weighted by molar-refractivity contribution is 0.0770. The van der Waals surface area contributed by atoms with Crippen molar-refractivity contribution in [2.75, 3.05) is 33.3 Å². The number of nitrogens with zero attached hydrogens (tertiary/aromatic N) is 2. The maximum Gasteiger partial charge on any atom is 0.0798 e. The summed E-state index contributed by atoms with van der Waals surface area (Å²) in [6, 6.07) is 0. The summed E-state index contributed by atoms with van der Waals surface area (Å²) in [5.41, 5.74) is 3.08. The van der Waals surface area contributed by atoms with Crippen LogP contribution in [0.4, 0.5) is 0 Å². The van der Waals surface area contributed by atoms with Crippen LogP contribution >= 0.6 is 11.3 Å². The molecule has 0 saturated heterocycles. The van der Waals surface area contributed by atoms with Crippen molar-refractivity contribution in [3.63, 3.8) is 0 Å². The fraction of sp³-hybridized carbons (Fsp3) is 0.786. The first kappa shape index (κ1) is 16.6. The highest BCUT2D eigenvalue weighted by Crippen LogP contribution is 2.13. The molecule has 0 radical (unpaired) electrons. The molecule has 0 aliphatic carbocycles. The van der Waals surface area contributed by atoms with E-state index in [4.69, 9.17) is 4.74 Å². The van der Waals surface area contributed by atoms with Crippen LogP contribution in [-0.4, -0.2) is 49.3 Å². The smallest absolute Gasteiger partial charge is 0.0798 e. The standard InChI is InChI=1S/C14H27N3OS/c1-12(2)18-9-5-6-15-7-8-17(4)10-14-13(3)16-11-19-14/h11-12,15H,5-10H2,1-4H3. The average molecular weight is 285 g/mol. The first-order chi connectivity index (χ1) is 9.09. The van der Waals surface area contributed by atoms with Gasteiger partial charge in [0.1, 0.15) is 0 Å². The molecule has 0 aliphatic heterocycles. The minimum atomic E-state index is 0.341. The summed E-state index contributed by atoms with van der Waals surface area (Å²) in [7, 11) is 2.16. The largest absolute Gasteiger partial charge is 0.379 e. The third-order valence-electron chi connectivity index (χ3n) is 2.88. The Morgan fingerprint density at radius 3 is 2.84 bits per heavy atom. The van der Waals surface area contributed by atoms with E-state index >= 15 is 0 Å². The Kier molecular flexibility index (Phi) is 8.21. The highest BCUT2D eigenvalue weighted by Gasteiger charge is 2.05. The topological polar surface area (TPSA) is 37.4 Å². The van der Waals surface area contributed by atoms with E-state index in [1.54, 1.807) is 11.3 Å². The second-order valence-corrected chi connectivity index (χ2v) is 6.06. The minimum absolute atomic E-state index is 0.341. The van der Waals surface area contributed by atoms with Crippen LogP contribution < -0.4 is 5.32 Å². The quantitative estimate of drug-likeness (QED) is 0.669. The number of nitrogens with one attached hydrogen (secondary N) is 1. The van der Waals surface area contributed by atoms with Crippen molar-refractivity contribution in [1.82, 2.24) is 15.2 Å². The van der Waals surface area contributed by atoms with Crippen molar-refractivity contribution in [2.24, 2.45) is 0 Å². The molecule has 0 aromatic carbocycles. The van der Waals surface area contributed by atoms with Crippen molar-refractivity contribution < 1.29 is 4.74 Å². The van der Waals surface area contributed by atoms with Crippen LogP contribution in [0.5, 0.6) is 0 Å². The molecule has 0 fully saturated rings. The number of likely N-dealkylation sites (N-methyl/N-ethyl adjacent to an activating group) is 1. The summed E-state index contributed by atoms with van der Waals surface area (Å²) in [5.74, 6) is 0. The number of hydrogen-bond acceptors (Lipinski definition) is 5. The number of hydrogen-bond donors (Lipinski definition) is 1. The number of ether oxygens (including phenoxy) is 1. The van der Waals surface area contributed by atoms with E-state index in [1.807, 2.05) is 5.51 Å². The van der Waals surface area contributed by atoms with Crippen molar-refractivity contribution in [2.45, 2.75) is 39.8 Å². The molecule has 19 heavy (non-hydrogen) atoms. The fourth-order valence-corrected chi connectivity index (χ4v) is 2.57. The molecule has 0 aliphatic rings. The van der Waals surface area contributed by atoms with Gasteiger partial charge >= 0.3 is 0 Å². The van der Waals surface area contributed by atoms with E-state index in [0.29, 0.717) is 6.10 Å². The third-order valence-corrected chi connectivity index (χ3v) is 3.80. The van der Waals surface area contributed by atoms with Crippen molar-refractivity contribution in [3.8, 4) is 0 Å². The van der Waals surface area contributed by atoms with Gasteiger partial charge in [0.25, 0.3) is 0 Å². The molecule has 1 aromatic heterocycles. The monoisotopic (exact) mass is 285 g/mol. The van der Waals surface area contributed by atoms with E-state index in [1.165, 1.54) is 4.88 Å². The Balaban J connectivity index is 1.99. The van der Waals surface area contributed by atoms with Crippen LogP contribution in [0.15, 0.2) is 5.51 Å². The van der Waals surface area contributed by atoms with E-state index in [0.717, 1.165) is 44.9 Å². The third kappa shape index (κ3) is 7.62. The maximum atomic E-state index is 5.50. The average Bonchev–Trinajstić information content (AvgIpc) is 2.73. The second kappa shape index (κ2) is 9.42. The summed E-state index contributed by atoms with van der Waals surface area (Å²) in [4.78, 5) is 7.98. The van der Waals surface area contributed by atoms with Crippen molar-refractivity contribution >= 4 is 11.3 Å². The normalized spacial score (nSPS) is 11.7. The van der Waals surface area contributed by atoms with Crippen LogP contribution in [0.2, 0.25) is 0 Å². The van der Waals surface area contributed by atoms with Crippen LogP contribution in [0.25, 0.3) is 0 Å². The molecule has 0 bridgehead atoms. The zero-order valence-corrected chi connectivity index (χ0v) is 13.4. The Morgan fingerprint density at radius 2 is 2.21 bits per heavy atom. The summed E-state index contributed by atoms with van der Waals surface area (Å²) in [6.45, 7) is 11.2. The maximum absolute atomic E-state index is 5.50. The lowest BCUT2D eigenvalue weighted by Gasteiger charge is -2.16. The van der Waals surface area contributed by atoms with Crippen LogP contribution in [0, 0.1) is 6.92 Å². The lowest BCUT2D eigenvalue weighted by atomic mass is 10.3. The molecule has 0 atom stereocenters. The Morgan fingerprint density at radius 1 is 1.42 bits per heavy atom. The molecule has 1 heterocycles. The SMILES string of the molecule is Cc1ncsc1CN(C)CCNCCCOC(C)C. The zero-order valence-electron chi connectivity index (χ0n) is 12.6. The predicted molar refractivity (Wildman–Crippen MR) is 81.8 cm³/mol. The van der Waals surface area contributed by atoms with Gasteiger partial charge in [-0.3, -0.25) is 4.90 Å². The van der Waals surface area contributed by atoms with E-state index < -0.39 is 0 Å². The number of rotatable bonds is 10. The van der Waals surface area contributed by atoms with Gasteiger partial charge in [0.15, 0.2) is 0 Å². The number of thiazole rings is 1.